The molecule has 0 unspecified atom stereocenters. The van der Waals surface area contributed by atoms with Crippen LogP contribution in [0.15, 0.2) is 237 Å². The largest absolute Gasteiger partial charge is 0.311 e. The smallest absolute Gasteiger partial charge is 0.0464 e. The molecule has 0 saturated carbocycles. The molecular formula is C57H44N2. The van der Waals surface area contributed by atoms with Crippen molar-refractivity contribution in [1.29, 1.82) is 0 Å². The van der Waals surface area contributed by atoms with Crippen LogP contribution in [0, 0.1) is 6.92 Å². The standard InChI is InChI=1S/C57H44N2/c1-43-12-11-19-57(42-43)59(55-38-30-49(31-39-55)46-13-5-2-6-14-46)56-40-34-51(35-41-56)48-28-24-45(25-29-48)21-20-44-22-26-47(27-23-44)50-32-36-54(37-33-50)58(52-15-7-3-8-16-52)53-17-9-4-10-18-53/h2-42H,1H3/b21-20+. The highest BCUT2D eigenvalue weighted by molar-refractivity contribution is 5.82. The summed E-state index contributed by atoms with van der Waals surface area (Å²) in [5.74, 6) is 0. The van der Waals surface area contributed by atoms with Crippen molar-refractivity contribution in [3.8, 4) is 33.4 Å². The first-order valence-corrected chi connectivity index (χ1v) is 20.2. The van der Waals surface area contributed by atoms with E-state index in [2.05, 4.69) is 265 Å². The van der Waals surface area contributed by atoms with Crippen LogP contribution in [0.5, 0.6) is 0 Å². The highest BCUT2D eigenvalue weighted by Gasteiger charge is 2.14. The van der Waals surface area contributed by atoms with E-state index in [1.807, 2.05) is 0 Å². The minimum absolute atomic E-state index is 1.12. The Balaban J connectivity index is 0.876. The summed E-state index contributed by atoms with van der Waals surface area (Å²) in [7, 11) is 0. The van der Waals surface area contributed by atoms with Crippen LogP contribution < -0.4 is 9.80 Å². The third-order valence-electron chi connectivity index (χ3n) is 10.7. The van der Waals surface area contributed by atoms with Gasteiger partial charge in [-0.15, -0.1) is 0 Å². The van der Waals surface area contributed by atoms with Crippen LogP contribution in [0.1, 0.15) is 16.7 Å². The first-order chi connectivity index (χ1) is 29.1. The Hall–Kier alpha value is -7.68. The maximum absolute atomic E-state index is 2.33. The van der Waals surface area contributed by atoms with Gasteiger partial charge in [0.05, 0.1) is 0 Å². The summed E-state index contributed by atoms with van der Waals surface area (Å²) in [6.45, 7) is 2.14. The van der Waals surface area contributed by atoms with Gasteiger partial charge in [-0.2, -0.15) is 0 Å². The Morgan fingerprint density at radius 1 is 0.254 bits per heavy atom. The minimum atomic E-state index is 1.12. The maximum atomic E-state index is 2.33. The summed E-state index contributed by atoms with van der Waals surface area (Å²) in [6, 6.07) is 84.4. The molecule has 0 fully saturated rings. The van der Waals surface area contributed by atoms with Gasteiger partial charge in [0.15, 0.2) is 0 Å². The lowest BCUT2D eigenvalue weighted by atomic mass is 10.0. The van der Waals surface area contributed by atoms with Crippen LogP contribution in [0.25, 0.3) is 45.5 Å². The highest BCUT2D eigenvalue weighted by Crippen LogP contribution is 2.38. The van der Waals surface area contributed by atoms with E-state index < -0.39 is 0 Å². The molecule has 0 atom stereocenters. The monoisotopic (exact) mass is 756 g/mol. The van der Waals surface area contributed by atoms with Crippen LogP contribution in [-0.2, 0) is 0 Å². The van der Waals surface area contributed by atoms with Crippen molar-refractivity contribution in [1.82, 2.24) is 0 Å². The number of nitrogens with zero attached hydrogens (tertiary/aromatic N) is 2. The zero-order valence-electron chi connectivity index (χ0n) is 33.1. The lowest BCUT2D eigenvalue weighted by molar-refractivity contribution is 1.27. The van der Waals surface area contributed by atoms with E-state index in [9.17, 15) is 0 Å². The van der Waals surface area contributed by atoms with Gasteiger partial charge in [0.25, 0.3) is 0 Å². The molecule has 0 bridgehead atoms. The highest BCUT2D eigenvalue weighted by atomic mass is 15.1. The van der Waals surface area contributed by atoms with Gasteiger partial charge in [0.2, 0.25) is 0 Å². The number of hydrogen-bond acceptors (Lipinski definition) is 2. The lowest BCUT2D eigenvalue weighted by Gasteiger charge is -2.26. The molecule has 2 nitrogen and oxygen atoms in total. The first kappa shape index (κ1) is 36.9. The second-order valence-corrected chi connectivity index (χ2v) is 14.8. The summed E-state index contributed by atoms with van der Waals surface area (Å²) < 4.78 is 0. The number of aryl methyl sites for hydroxylation is 1. The Labute approximate surface area is 348 Å². The molecule has 282 valence electrons. The van der Waals surface area contributed by atoms with Gasteiger partial charge in [-0.3, -0.25) is 0 Å². The van der Waals surface area contributed by atoms with Gasteiger partial charge < -0.3 is 9.80 Å². The van der Waals surface area contributed by atoms with Gasteiger partial charge in [-0.25, -0.2) is 0 Å². The molecule has 9 aromatic rings. The molecular weight excluding hydrogens is 713 g/mol. The summed E-state index contributed by atoms with van der Waals surface area (Å²) in [5.41, 5.74) is 17.5. The Morgan fingerprint density at radius 3 is 0.915 bits per heavy atom. The Kier molecular flexibility index (Phi) is 10.8. The Bertz CT molecular complexity index is 2720. The summed E-state index contributed by atoms with van der Waals surface area (Å²) in [6.07, 6.45) is 4.36. The molecule has 59 heavy (non-hydrogen) atoms. The van der Waals surface area contributed by atoms with Gasteiger partial charge in [0, 0.05) is 34.1 Å². The average molecular weight is 757 g/mol. The number of rotatable bonds is 11. The quantitative estimate of drug-likeness (QED) is 0.121. The maximum Gasteiger partial charge on any atom is 0.0464 e. The van der Waals surface area contributed by atoms with E-state index in [-0.39, 0.29) is 0 Å². The lowest BCUT2D eigenvalue weighted by Crippen LogP contribution is -2.10. The summed E-state index contributed by atoms with van der Waals surface area (Å²) in [5, 5.41) is 0. The van der Waals surface area contributed by atoms with Gasteiger partial charge >= 0.3 is 0 Å². The molecule has 0 heterocycles. The van der Waals surface area contributed by atoms with Crippen molar-refractivity contribution in [3.63, 3.8) is 0 Å². The number of benzene rings is 9. The SMILES string of the molecule is Cc1cccc(N(c2ccc(-c3ccccc3)cc2)c2ccc(-c3ccc(/C=C/c4ccc(-c5ccc(N(c6ccccc6)c6ccccc6)cc5)cc4)cc3)cc2)c1. The first-order valence-electron chi connectivity index (χ1n) is 20.2. The van der Waals surface area contributed by atoms with Crippen LogP contribution in [0.4, 0.5) is 34.1 Å². The van der Waals surface area contributed by atoms with Crippen molar-refractivity contribution < 1.29 is 0 Å². The fourth-order valence-corrected chi connectivity index (χ4v) is 7.62. The molecule has 0 aliphatic carbocycles. The van der Waals surface area contributed by atoms with Crippen LogP contribution in [0.2, 0.25) is 0 Å². The number of para-hydroxylation sites is 2. The van der Waals surface area contributed by atoms with Crippen LogP contribution >= 0.6 is 0 Å². The molecule has 2 heteroatoms. The molecule has 0 N–H and O–H groups in total. The molecule has 9 aromatic carbocycles. The normalized spacial score (nSPS) is 11.1. The van der Waals surface area contributed by atoms with Crippen LogP contribution in [-0.4, -0.2) is 0 Å². The topological polar surface area (TPSA) is 6.48 Å². The second-order valence-electron chi connectivity index (χ2n) is 14.8. The van der Waals surface area contributed by atoms with Gasteiger partial charge in [-0.05, 0) is 130 Å². The van der Waals surface area contributed by atoms with Crippen molar-refractivity contribution in [2.75, 3.05) is 9.80 Å². The Morgan fingerprint density at radius 2 is 0.542 bits per heavy atom. The van der Waals surface area contributed by atoms with E-state index in [1.54, 1.807) is 0 Å². The third kappa shape index (κ3) is 8.54. The zero-order valence-corrected chi connectivity index (χ0v) is 33.1. The van der Waals surface area contributed by atoms with Gasteiger partial charge in [0.1, 0.15) is 0 Å². The molecule has 0 spiro atoms. The fourth-order valence-electron chi connectivity index (χ4n) is 7.62. The van der Waals surface area contributed by atoms with E-state index >= 15 is 0 Å². The zero-order chi connectivity index (χ0) is 39.8. The molecule has 0 aliphatic rings. The molecule has 9 rings (SSSR count). The number of hydrogen-bond donors (Lipinski definition) is 0. The third-order valence-corrected chi connectivity index (χ3v) is 10.7. The number of anilines is 6. The second kappa shape index (κ2) is 17.2. The molecule has 0 amide bonds. The van der Waals surface area contributed by atoms with Crippen molar-refractivity contribution in [2.45, 2.75) is 6.92 Å². The predicted molar refractivity (Wildman–Crippen MR) is 252 cm³/mol. The summed E-state index contributed by atoms with van der Waals surface area (Å²) in [4.78, 5) is 4.61. The van der Waals surface area contributed by atoms with Crippen molar-refractivity contribution in [3.05, 3.63) is 253 Å². The van der Waals surface area contributed by atoms with E-state index in [0.717, 1.165) is 45.3 Å². The molecule has 0 aromatic heterocycles. The van der Waals surface area contributed by atoms with Crippen LogP contribution in [0.3, 0.4) is 0 Å². The molecule has 0 radical (unpaired) electrons. The molecule has 0 aliphatic heterocycles. The van der Waals surface area contributed by atoms with Crippen molar-refractivity contribution in [2.24, 2.45) is 0 Å². The van der Waals surface area contributed by atoms with Gasteiger partial charge in [-0.1, -0.05) is 176 Å². The summed E-state index contributed by atoms with van der Waals surface area (Å²) >= 11 is 0. The molecule has 0 saturated heterocycles. The van der Waals surface area contributed by atoms with E-state index in [4.69, 9.17) is 0 Å². The fraction of sp³-hybridized carbons (Fsp3) is 0.0175. The van der Waals surface area contributed by atoms with E-state index in [0.29, 0.717) is 0 Å². The van der Waals surface area contributed by atoms with Crippen molar-refractivity contribution >= 4 is 46.3 Å². The average Bonchev–Trinajstić information content (AvgIpc) is 3.31. The minimum Gasteiger partial charge on any atom is -0.311 e. The van der Waals surface area contributed by atoms with E-state index in [1.165, 1.54) is 38.9 Å². The predicted octanol–water partition coefficient (Wildman–Crippen LogP) is 16.1.